The summed E-state index contributed by atoms with van der Waals surface area (Å²) in [5, 5.41) is 1.17. The number of hydrogen-bond donors (Lipinski definition) is 1. The lowest BCUT2D eigenvalue weighted by Crippen LogP contribution is -2.21. The zero-order valence-corrected chi connectivity index (χ0v) is 11.6. The van der Waals surface area contributed by atoms with Crippen molar-refractivity contribution < 1.29 is 0 Å². The van der Waals surface area contributed by atoms with E-state index in [4.69, 9.17) is 5.73 Å². The maximum absolute atomic E-state index is 6.02. The summed E-state index contributed by atoms with van der Waals surface area (Å²) in [6, 6.07) is 8.17. The van der Waals surface area contributed by atoms with Crippen LogP contribution in [0.15, 0.2) is 30.5 Å². The molecule has 1 fully saturated rings. The molecule has 1 atom stereocenters. The van der Waals surface area contributed by atoms with Crippen molar-refractivity contribution in [1.29, 1.82) is 0 Å². The smallest absolute Gasteiger partial charge is 0.0951 e. The summed E-state index contributed by atoms with van der Waals surface area (Å²) in [6.07, 6.45) is 3.15. The summed E-state index contributed by atoms with van der Waals surface area (Å²) in [7, 11) is 0. The van der Waals surface area contributed by atoms with E-state index in [0.29, 0.717) is 0 Å². The second-order valence-electron chi connectivity index (χ2n) is 5.81. The first-order valence-corrected chi connectivity index (χ1v) is 7.05. The minimum atomic E-state index is 0.753. The van der Waals surface area contributed by atoms with Gasteiger partial charge < -0.3 is 10.6 Å². The van der Waals surface area contributed by atoms with E-state index in [1.54, 1.807) is 0 Å². The number of nitrogens with zero attached hydrogens (tertiary/aromatic N) is 2. The highest BCUT2D eigenvalue weighted by molar-refractivity contribution is 5.98. The van der Waals surface area contributed by atoms with Crippen LogP contribution in [0.4, 0.5) is 11.4 Å². The second kappa shape index (κ2) is 4.72. The summed E-state index contributed by atoms with van der Waals surface area (Å²) < 4.78 is 0. The number of nitrogen functional groups attached to an aromatic ring is 1. The Balaban J connectivity index is 2.00. The van der Waals surface area contributed by atoms with Gasteiger partial charge >= 0.3 is 0 Å². The quantitative estimate of drug-likeness (QED) is 0.837. The second-order valence-corrected chi connectivity index (χ2v) is 5.81. The maximum atomic E-state index is 6.02. The Labute approximate surface area is 114 Å². The van der Waals surface area contributed by atoms with Gasteiger partial charge in [-0.3, -0.25) is 4.98 Å². The van der Waals surface area contributed by atoms with Crippen LogP contribution in [0, 0.1) is 11.8 Å². The van der Waals surface area contributed by atoms with Gasteiger partial charge in [0.1, 0.15) is 0 Å². The van der Waals surface area contributed by atoms with Crippen LogP contribution in [0.5, 0.6) is 0 Å². The first-order chi connectivity index (χ1) is 9.16. The Morgan fingerprint density at radius 1 is 1.32 bits per heavy atom. The molecule has 0 bridgehead atoms. The Morgan fingerprint density at radius 2 is 2.16 bits per heavy atom. The van der Waals surface area contributed by atoms with E-state index in [1.807, 2.05) is 18.3 Å². The van der Waals surface area contributed by atoms with Gasteiger partial charge in [-0.05, 0) is 30.4 Å². The normalized spacial score (nSPS) is 19.5. The third kappa shape index (κ3) is 2.14. The highest BCUT2D eigenvalue weighted by Gasteiger charge is 2.26. The van der Waals surface area contributed by atoms with Crippen molar-refractivity contribution in [3.8, 4) is 0 Å². The molecule has 1 saturated heterocycles. The molecule has 3 nitrogen and oxygen atoms in total. The topological polar surface area (TPSA) is 42.2 Å². The number of rotatable bonds is 2. The largest absolute Gasteiger partial charge is 0.397 e. The van der Waals surface area contributed by atoms with Crippen LogP contribution < -0.4 is 10.6 Å². The number of fused-ring (bicyclic) bond motifs is 1. The Hall–Kier alpha value is -1.77. The number of para-hydroxylation sites is 1. The van der Waals surface area contributed by atoms with Crippen molar-refractivity contribution in [2.75, 3.05) is 23.7 Å². The van der Waals surface area contributed by atoms with Gasteiger partial charge in [-0.1, -0.05) is 26.0 Å². The molecule has 1 aromatic carbocycles. The van der Waals surface area contributed by atoms with Crippen molar-refractivity contribution in [3.05, 3.63) is 30.5 Å². The molecular formula is C16H21N3. The number of benzene rings is 1. The lowest BCUT2D eigenvalue weighted by molar-refractivity contribution is 0.423. The number of nitrogens with two attached hydrogens (primary N) is 1. The zero-order valence-electron chi connectivity index (χ0n) is 11.6. The molecule has 100 valence electrons. The van der Waals surface area contributed by atoms with E-state index in [2.05, 4.69) is 35.9 Å². The van der Waals surface area contributed by atoms with E-state index in [0.717, 1.165) is 36.1 Å². The molecule has 2 aromatic rings. The third-order valence-corrected chi connectivity index (χ3v) is 4.29. The van der Waals surface area contributed by atoms with E-state index >= 15 is 0 Å². The van der Waals surface area contributed by atoms with E-state index in [-0.39, 0.29) is 0 Å². The summed E-state index contributed by atoms with van der Waals surface area (Å²) in [5.74, 6) is 1.55. The Morgan fingerprint density at radius 3 is 2.89 bits per heavy atom. The molecule has 0 spiro atoms. The SMILES string of the molecule is CC(C)C1CCN(c2ccnc3c(N)cccc23)C1. The number of hydrogen-bond acceptors (Lipinski definition) is 3. The first-order valence-electron chi connectivity index (χ1n) is 7.05. The number of aromatic nitrogens is 1. The van der Waals surface area contributed by atoms with Crippen molar-refractivity contribution in [2.45, 2.75) is 20.3 Å². The standard InChI is InChI=1S/C16H21N3/c1-11(2)12-7-9-19(10-12)15-6-8-18-16-13(15)4-3-5-14(16)17/h3-6,8,11-12H,7,9-10,17H2,1-2H3. The highest BCUT2D eigenvalue weighted by atomic mass is 15.2. The van der Waals surface area contributed by atoms with Crippen LogP contribution in [0.3, 0.4) is 0 Å². The first kappa shape index (κ1) is 12.3. The van der Waals surface area contributed by atoms with Crippen LogP contribution in [0.2, 0.25) is 0 Å². The van der Waals surface area contributed by atoms with Crippen LogP contribution in [0.25, 0.3) is 10.9 Å². The molecule has 3 rings (SSSR count). The predicted octanol–water partition coefficient (Wildman–Crippen LogP) is 3.30. The molecule has 1 aliphatic heterocycles. The van der Waals surface area contributed by atoms with Crippen molar-refractivity contribution in [3.63, 3.8) is 0 Å². The Kier molecular flexibility index (Phi) is 3.05. The fourth-order valence-electron chi connectivity index (χ4n) is 3.01. The molecule has 2 N–H and O–H groups in total. The van der Waals surface area contributed by atoms with Crippen LogP contribution in [0.1, 0.15) is 20.3 Å². The molecular weight excluding hydrogens is 234 g/mol. The predicted molar refractivity (Wildman–Crippen MR) is 81.3 cm³/mol. The van der Waals surface area contributed by atoms with Crippen LogP contribution in [-0.4, -0.2) is 18.1 Å². The fraction of sp³-hybridized carbons (Fsp3) is 0.438. The van der Waals surface area contributed by atoms with Crippen molar-refractivity contribution >= 4 is 22.3 Å². The molecule has 0 saturated carbocycles. The average molecular weight is 255 g/mol. The molecule has 3 heteroatoms. The molecule has 19 heavy (non-hydrogen) atoms. The van der Waals surface area contributed by atoms with Crippen LogP contribution in [-0.2, 0) is 0 Å². The summed E-state index contributed by atoms with van der Waals surface area (Å²) in [6.45, 7) is 6.91. The van der Waals surface area contributed by atoms with Gasteiger partial charge in [0.05, 0.1) is 11.2 Å². The molecule has 0 radical (unpaired) electrons. The van der Waals surface area contributed by atoms with Crippen LogP contribution >= 0.6 is 0 Å². The number of pyridine rings is 1. The van der Waals surface area contributed by atoms with E-state index in [9.17, 15) is 0 Å². The lowest BCUT2D eigenvalue weighted by atomic mass is 9.95. The van der Waals surface area contributed by atoms with Gasteiger partial charge in [0.2, 0.25) is 0 Å². The summed E-state index contributed by atoms with van der Waals surface area (Å²) in [4.78, 5) is 6.90. The molecule has 2 heterocycles. The molecule has 1 aliphatic rings. The fourth-order valence-corrected chi connectivity index (χ4v) is 3.01. The molecule has 0 aliphatic carbocycles. The lowest BCUT2D eigenvalue weighted by Gasteiger charge is -2.21. The van der Waals surface area contributed by atoms with E-state index < -0.39 is 0 Å². The maximum Gasteiger partial charge on any atom is 0.0951 e. The van der Waals surface area contributed by atoms with Gasteiger partial charge in [-0.15, -0.1) is 0 Å². The highest BCUT2D eigenvalue weighted by Crippen LogP contribution is 2.33. The van der Waals surface area contributed by atoms with E-state index in [1.165, 1.54) is 17.5 Å². The van der Waals surface area contributed by atoms with Gasteiger partial charge in [0.25, 0.3) is 0 Å². The van der Waals surface area contributed by atoms with Crippen molar-refractivity contribution in [1.82, 2.24) is 4.98 Å². The summed E-state index contributed by atoms with van der Waals surface area (Å²) >= 11 is 0. The van der Waals surface area contributed by atoms with Gasteiger partial charge in [0, 0.05) is 30.4 Å². The zero-order chi connectivity index (χ0) is 13.4. The van der Waals surface area contributed by atoms with Gasteiger partial charge in [0.15, 0.2) is 0 Å². The minimum Gasteiger partial charge on any atom is -0.397 e. The minimum absolute atomic E-state index is 0.753. The molecule has 1 aromatic heterocycles. The molecule has 1 unspecified atom stereocenters. The summed E-state index contributed by atoms with van der Waals surface area (Å²) in [5.41, 5.74) is 8.98. The van der Waals surface area contributed by atoms with Gasteiger partial charge in [-0.2, -0.15) is 0 Å². The third-order valence-electron chi connectivity index (χ3n) is 4.29. The van der Waals surface area contributed by atoms with Crippen molar-refractivity contribution in [2.24, 2.45) is 11.8 Å². The monoisotopic (exact) mass is 255 g/mol. The van der Waals surface area contributed by atoms with Gasteiger partial charge in [-0.25, -0.2) is 0 Å². The number of anilines is 2. The molecule has 0 amide bonds. The average Bonchev–Trinajstić information content (AvgIpc) is 2.88. The Bertz CT molecular complexity index is 592.